The molecule has 1 aromatic rings. The van der Waals surface area contributed by atoms with Crippen molar-refractivity contribution in [2.24, 2.45) is 5.92 Å². The highest BCUT2D eigenvalue weighted by Gasteiger charge is 2.44. The van der Waals surface area contributed by atoms with E-state index in [0.29, 0.717) is 0 Å². The molecule has 0 spiro atoms. The topological polar surface area (TPSA) is 49.3 Å². The van der Waals surface area contributed by atoms with Gasteiger partial charge >= 0.3 is 12.1 Å². The number of hydrogen-bond donors (Lipinski definition) is 2. The van der Waals surface area contributed by atoms with Crippen molar-refractivity contribution in [3.63, 3.8) is 0 Å². The zero-order valence-corrected chi connectivity index (χ0v) is 9.52. The van der Waals surface area contributed by atoms with Crippen LogP contribution in [0.1, 0.15) is 0 Å². The lowest BCUT2D eigenvalue weighted by molar-refractivity contribution is -0.190. The Hall–Kier alpha value is -1.50. The number of alkyl halides is 3. The fourth-order valence-corrected chi connectivity index (χ4v) is 1.44. The molecule has 0 amide bonds. The van der Waals surface area contributed by atoms with Crippen LogP contribution in [0.3, 0.4) is 0 Å². The maximum Gasteiger partial charge on any atom is 0.403 e. The first-order chi connectivity index (χ1) is 8.20. The van der Waals surface area contributed by atoms with E-state index in [9.17, 15) is 22.4 Å². The summed E-state index contributed by atoms with van der Waals surface area (Å²) in [5.41, 5.74) is -0.0181. The van der Waals surface area contributed by atoms with E-state index in [2.05, 4.69) is 5.32 Å². The van der Waals surface area contributed by atoms with Crippen LogP contribution in [0.4, 0.5) is 23.2 Å². The minimum absolute atomic E-state index is 0.00335. The van der Waals surface area contributed by atoms with E-state index < -0.39 is 30.4 Å². The number of carbonyl (C=O) groups is 1. The lowest BCUT2D eigenvalue weighted by Gasteiger charge is -2.17. The standard InChI is InChI=1S/C10H8ClF4NO2/c11-5-1-6(12)3-7(2-5)16-4-8(9(17)18)10(13,14)15/h1-3,8,16H,4H2,(H,17,18). The molecule has 0 aliphatic carbocycles. The Morgan fingerprint density at radius 1 is 1.39 bits per heavy atom. The van der Waals surface area contributed by atoms with Crippen LogP contribution in [0.2, 0.25) is 5.02 Å². The van der Waals surface area contributed by atoms with Gasteiger partial charge in [0.05, 0.1) is 0 Å². The molecule has 2 N–H and O–H groups in total. The molecule has 0 saturated carbocycles. The molecule has 0 bridgehead atoms. The lowest BCUT2D eigenvalue weighted by Crippen LogP contribution is -2.36. The molecule has 0 aliphatic rings. The van der Waals surface area contributed by atoms with E-state index in [-0.39, 0.29) is 10.7 Å². The Balaban J connectivity index is 2.76. The van der Waals surface area contributed by atoms with E-state index in [1.807, 2.05) is 0 Å². The zero-order chi connectivity index (χ0) is 13.9. The van der Waals surface area contributed by atoms with Gasteiger partial charge in [-0.1, -0.05) is 11.6 Å². The Kier molecular flexibility index (Phi) is 4.39. The number of anilines is 1. The van der Waals surface area contributed by atoms with Crippen LogP contribution in [0.25, 0.3) is 0 Å². The van der Waals surface area contributed by atoms with Gasteiger partial charge in [-0.15, -0.1) is 0 Å². The summed E-state index contributed by atoms with van der Waals surface area (Å²) >= 11 is 5.50. The number of rotatable bonds is 4. The van der Waals surface area contributed by atoms with Crippen LogP contribution >= 0.6 is 11.6 Å². The van der Waals surface area contributed by atoms with Gasteiger partial charge in [0.1, 0.15) is 5.82 Å². The van der Waals surface area contributed by atoms with Crippen molar-refractivity contribution < 1.29 is 27.5 Å². The largest absolute Gasteiger partial charge is 0.481 e. The maximum absolute atomic E-state index is 12.9. The number of carboxylic acids is 1. The number of halogens is 5. The van der Waals surface area contributed by atoms with Crippen molar-refractivity contribution in [1.29, 1.82) is 0 Å². The van der Waals surface area contributed by atoms with Crippen molar-refractivity contribution in [1.82, 2.24) is 0 Å². The monoisotopic (exact) mass is 285 g/mol. The average molecular weight is 286 g/mol. The quantitative estimate of drug-likeness (QED) is 0.836. The van der Waals surface area contributed by atoms with Crippen molar-refractivity contribution in [3.8, 4) is 0 Å². The number of nitrogens with one attached hydrogen (secondary N) is 1. The van der Waals surface area contributed by atoms with E-state index in [4.69, 9.17) is 16.7 Å². The molecular weight excluding hydrogens is 278 g/mol. The first-order valence-corrected chi connectivity index (χ1v) is 5.07. The maximum atomic E-state index is 12.9. The smallest absolute Gasteiger partial charge is 0.403 e. The molecule has 100 valence electrons. The molecule has 0 aliphatic heterocycles. The number of benzene rings is 1. The van der Waals surface area contributed by atoms with Gasteiger partial charge in [-0.3, -0.25) is 4.79 Å². The summed E-state index contributed by atoms with van der Waals surface area (Å²) in [6.07, 6.45) is -4.88. The van der Waals surface area contributed by atoms with Crippen molar-refractivity contribution in [2.75, 3.05) is 11.9 Å². The molecule has 1 rings (SSSR count). The minimum atomic E-state index is -4.88. The molecule has 0 radical (unpaired) electrons. The van der Waals surface area contributed by atoms with Crippen molar-refractivity contribution >= 4 is 23.3 Å². The summed E-state index contributed by atoms with van der Waals surface area (Å²) in [5.74, 6) is -5.30. The number of carboxylic acid groups (broad SMARTS) is 1. The highest BCUT2D eigenvalue weighted by atomic mass is 35.5. The molecule has 8 heteroatoms. The summed E-state index contributed by atoms with van der Waals surface area (Å²) in [7, 11) is 0. The van der Waals surface area contributed by atoms with Crippen LogP contribution in [-0.2, 0) is 4.79 Å². The first-order valence-electron chi connectivity index (χ1n) is 4.69. The average Bonchev–Trinajstić information content (AvgIpc) is 2.12. The third-order valence-electron chi connectivity index (χ3n) is 2.07. The van der Waals surface area contributed by atoms with Crippen LogP contribution < -0.4 is 5.32 Å². The SMILES string of the molecule is O=C(O)C(CNc1cc(F)cc(Cl)c1)C(F)(F)F. The number of aliphatic carboxylic acids is 1. The second-order valence-electron chi connectivity index (χ2n) is 3.47. The van der Waals surface area contributed by atoms with Gasteiger partial charge in [-0.2, -0.15) is 13.2 Å². The predicted molar refractivity (Wildman–Crippen MR) is 57.1 cm³/mol. The molecule has 1 unspecified atom stereocenters. The number of hydrogen-bond acceptors (Lipinski definition) is 2. The molecule has 1 aromatic carbocycles. The molecular formula is C10H8ClF4NO2. The van der Waals surface area contributed by atoms with Gasteiger partial charge in [0.25, 0.3) is 0 Å². The Labute approximate surface area is 104 Å². The fraction of sp³-hybridized carbons (Fsp3) is 0.300. The summed E-state index contributed by atoms with van der Waals surface area (Å²) in [6.45, 7) is -0.904. The van der Waals surface area contributed by atoms with E-state index in [1.54, 1.807) is 0 Å². The highest BCUT2D eigenvalue weighted by Crippen LogP contribution is 2.27. The minimum Gasteiger partial charge on any atom is -0.481 e. The van der Waals surface area contributed by atoms with Crippen LogP contribution in [0, 0.1) is 11.7 Å². The zero-order valence-electron chi connectivity index (χ0n) is 8.76. The van der Waals surface area contributed by atoms with Gasteiger partial charge in [-0.25, -0.2) is 4.39 Å². The normalized spacial score (nSPS) is 13.2. The van der Waals surface area contributed by atoms with E-state index in [1.165, 1.54) is 6.07 Å². The van der Waals surface area contributed by atoms with E-state index >= 15 is 0 Å². The van der Waals surface area contributed by atoms with Gasteiger partial charge in [0.15, 0.2) is 5.92 Å². The molecule has 18 heavy (non-hydrogen) atoms. The molecule has 3 nitrogen and oxygen atoms in total. The van der Waals surface area contributed by atoms with E-state index in [0.717, 1.165) is 12.1 Å². The summed E-state index contributed by atoms with van der Waals surface area (Å²) in [5, 5.41) is 10.6. The molecule has 0 aromatic heterocycles. The first kappa shape index (κ1) is 14.6. The second-order valence-corrected chi connectivity index (χ2v) is 3.91. The molecule has 1 atom stereocenters. The molecule has 0 saturated heterocycles. The second kappa shape index (κ2) is 5.43. The molecule has 0 fully saturated rings. The van der Waals surface area contributed by atoms with Gasteiger partial charge < -0.3 is 10.4 Å². The Morgan fingerprint density at radius 2 is 2.00 bits per heavy atom. The van der Waals surface area contributed by atoms with Crippen LogP contribution in [-0.4, -0.2) is 23.8 Å². The lowest BCUT2D eigenvalue weighted by atomic mass is 10.1. The van der Waals surface area contributed by atoms with Crippen LogP contribution in [0.15, 0.2) is 18.2 Å². The molecule has 0 heterocycles. The van der Waals surface area contributed by atoms with Gasteiger partial charge in [0.2, 0.25) is 0 Å². The Bertz CT molecular complexity index is 430. The third-order valence-corrected chi connectivity index (χ3v) is 2.28. The van der Waals surface area contributed by atoms with Crippen LogP contribution in [0.5, 0.6) is 0 Å². The fourth-order valence-electron chi connectivity index (χ4n) is 1.22. The van der Waals surface area contributed by atoms with Crippen molar-refractivity contribution in [3.05, 3.63) is 29.0 Å². The Morgan fingerprint density at radius 3 is 2.44 bits per heavy atom. The highest BCUT2D eigenvalue weighted by molar-refractivity contribution is 6.30. The predicted octanol–water partition coefficient (Wildman–Crippen LogP) is 3.15. The summed E-state index contributed by atoms with van der Waals surface area (Å²) < 4.78 is 49.8. The van der Waals surface area contributed by atoms with Gasteiger partial charge in [-0.05, 0) is 18.2 Å². The third kappa shape index (κ3) is 4.06. The van der Waals surface area contributed by atoms with Crippen molar-refractivity contribution in [2.45, 2.75) is 6.18 Å². The van der Waals surface area contributed by atoms with Gasteiger partial charge in [0, 0.05) is 17.3 Å². The summed E-state index contributed by atoms with van der Waals surface area (Å²) in [4.78, 5) is 10.4. The summed E-state index contributed by atoms with van der Waals surface area (Å²) in [6, 6.07) is 3.09.